The molecule has 1 aliphatic rings. The molecule has 10 heteroatoms. The fraction of sp³-hybridized carbons (Fsp3) is 0.233. The Morgan fingerprint density at radius 1 is 0.925 bits per heavy atom. The summed E-state index contributed by atoms with van der Waals surface area (Å²) >= 11 is 0. The molecule has 208 valence electrons. The molecule has 4 amide bonds. The summed E-state index contributed by atoms with van der Waals surface area (Å²) in [5.74, 6) is -2.68. The SMILES string of the molecule is CCCCN1C(=O)N[C@H](c2cccc(NC(=O)Nc3ccc(F)c(F)c3)c2)C(C(=O)OCC)=C1c1ccccc1. The van der Waals surface area contributed by atoms with Gasteiger partial charge in [0.2, 0.25) is 0 Å². The van der Waals surface area contributed by atoms with Crippen LogP contribution in [0, 0.1) is 11.6 Å². The molecule has 3 aromatic carbocycles. The normalized spacial score (nSPS) is 14.9. The van der Waals surface area contributed by atoms with Crippen LogP contribution in [0.5, 0.6) is 0 Å². The van der Waals surface area contributed by atoms with Gasteiger partial charge in [-0.1, -0.05) is 55.8 Å². The topological polar surface area (TPSA) is 99.8 Å². The molecule has 40 heavy (non-hydrogen) atoms. The lowest BCUT2D eigenvalue weighted by Gasteiger charge is -2.37. The van der Waals surface area contributed by atoms with Gasteiger partial charge in [-0.15, -0.1) is 0 Å². The van der Waals surface area contributed by atoms with E-state index in [1.807, 2.05) is 37.3 Å². The second-order valence-electron chi connectivity index (χ2n) is 9.07. The van der Waals surface area contributed by atoms with Crippen LogP contribution >= 0.6 is 0 Å². The third-order valence-electron chi connectivity index (χ3n) is 6.26. The molecule has 0 aromatic heterocycles. The van der Waals surface area contributed by atoms with Crippen LogP contribution in [0.15, 0.2) is 78.4 Å². The molecule has 1 atom stereocenters. The van der Waals surface area contributed by atoms with Crippen molar-refractivity contribution in [3.63, 3.8) is 0 Å². The zero-order valence-corrected chi connectivity index (χ0v) is 22.2. The molecule has 1 heterocycles. The van der Waals surface area contributed by atoms with Crippen molar-refractivity contribution in [1.29, 1.82) is 0 Å². The number of ether oxygens (including phenoxy) is 1. The van der Waals surface area contributed by atoms with Gasteiger partial charge in [-0.25, -0.2) is 23.2 Å². The zero-order valence-electron chi connectivity index (χ0n) is 22.2. The minimum absolute atomic E-state index is 0.0688. The van der Waals surface area contributed by atoms with Gasteiger partial charge in [-0.05, 0) is 48.7 Å². The summed E-state index contributed by atoms with van der Waals surface area (Å²) in [6.07, 6.45) is 1.58. The Labute approximate surface area is 231 Å². The molecule has 0 radical (unpaired) electrons. The number of nitrogens with one attached hydrogen (secondary N) is 3. The quantitative estimate of drug-likeness (QED) is 0.268. The van der Waals surface area contributed by atoms with Gasteiger partial charge in [0.05, 0.1) is 23.9 Å². The van der Waals surface area contributed by atoms with Crippen LogP contribution in [0.2, 0.25) is 0 Å². The first kappa shape index (κ1) is 28.3. The third kappa shape index (κ3) is 6.45. The van der Waals surface area contributed by atoms with Crippen LogP contribution < -0.4 is 16.0 Å². The van der Waals surface area contributed by atoms with E-state index in [1.165, 1.54) is 6.07 Å². The van der Waals surface area contributed by atoms with Gasteiger partial charge in [0, 0.05) is 24.0 Å². The molecule has 0 unspecified atom stereocenters. The lowest BCUT2D eigenvalue weighted by atomic mass is 9.91. The number of hydrogen-bond acceptors (Lipinski definition) is 4. The Bertz CT molecular complexity index is 1430. The van der Waals surface area contributed by atoms with Crippen molar-refractivity contribution in [3.8, 4) is 0 Å². The largest absolute Gasteiger partial charge is 0.463 e. The van der Waals surface area contributed by atoms with E-state index in [-0.39, 0.29) is 23.9 Å². The second-order valence-corrected chi connectivity index (χ2v) is 9.07. The molecule has 0 fully saturated rings. The van der Waals surface area contributed by atoms with Crippen LogP contribution in [0.3, 0.4) is 0 Å². The number of nitrogens with zero attached hydrogens (tertiary/aromatic N) is 1. The molecule has 3 N–H and O–H groups in total. The zero-order chi connectivity index (χ0) is 28.6. The lowest BCUT2D eigenvalue weighted by Crippen LogP contribution is -2.48. The van der Waals surface area contributed by atoms with E-state index in [0.717, 1.165) is 25.0 Å². The van der Waals surface area contributed by atoms with Crippen LogP contribution in [0.25, 0.3) is 5.70 Å². The summed E-state index contributed by atoms with van der Waals surface area (Å²) in [4.78, 5) is 40.9. The Kier molecular flexibility index (Phi) is 9.11. The van der Waals surface area contributed by atoms with Gasteiger partial charge in [-0.3, -0.25) is 4.90 Å². The van der Waals surface area contributed by atoms with Crippen molar-refractivity contribution in [1.82, 2.24) is 10.2 Å². The summed E-state index contributed by atoms with van der Waals surface area (Å²) in [5.41, 5.74) is 2.39. The summed E-state index contributed by atoms with van der Waals surface area (Å²) in [6.45, 7) is 4.28. The highest BCUT2D eigenvalue weighted by Crippen LogP contribution is 2.37. The summed E-state index contributed by atoms with van der Waals surface area (Å²) < 4.78 is 32.2. The lowest BCUT2D eigenvalue weighted by molar-refractivity contribution is -0.138. The molecule has 0 saturated carbocycles. The fourth-order valence-electron chi connectivity index (χ4n) is 4.43. The van der Waals surface area contributed by atoms with Crippen LogP contribution in [-0.4, -0.2) is 36.1 Å². The molecular weight excluding hydrogens is 518 g/mol. The Morgan fingerprint density at radius 3 is 2.33 bits per heavy atom. The van der Waals surface area contributed by atoms with Crippen LogP contribution in [-0.2, 0) is 9.53 Å². The van der Waals surface area contributed by atoms with Gasteiger partial charge in [0.1, 0.15) is 0 Å². The van der Waals surface area contributed by atoms with E-state index >= 15 is 0 Å². The average Bonchev–Trinajstić information content (AvgIpc) is 2.94. The number of carbonyl (C=O) groups excluding carboxylic acids is 3. The number of urea groups is 2. The van der Waals surface area contributed by atoms with E-state index in [9.17, 15) is 23.2 Å². The summed E-state index contributed by atoms with van der Waals surface area (Å²) in [7, 11) is 0. The monoisotopic (exact) mass is 548 g/mol. The number of amides is 4. The average molecular weight is 549 g/mol. The van der Waals surface area contributed by atoms with Gasteiger partial charge >= 0.3 is 18.0 Å². The van der Waals surface area contributed by atoms with Crippen LogP contribution in [0.1, 0.15) is 43.9 Å². The Hall–Kier alpha value is -4.73. The number of hydrogen-bond donors (Lipinski definition) is 3. The first-order valence-corrected chi connectivity index (χ1v) is 13.0. The highest BCUT2D eigenvalue weighted by Gasteiger charge is 2.38. The Morgan fingerprint density at radius 2 is 1.65 bits per heavy atom. The predicted molar refractivity (Wildman–Crippen MR) is 148 cm³/mol. The molecule has 0 saturated heterocycles. The molecule has 8 nitrogen and oxygen atoms in total. The summed E-state index contributed by atoms with van der Waals surface area (Å²) in [6, 6.07) is 16.9. The highest BCUT2D eigenvalue weighted by molar-refractivity contribution is 6.05. The number of benzene rings is 3. The fourth-order valence-corrected chi connectivity index (χ4v) is 4.43. The Balaban J connectivity index is 1.71. The van der Waals surface area contributed by atoms with Gasteiger partial charge in [0.25, 0.3) is 0 Å². The standard InChI is InChI=1S/C30H30F2N4O4/c1-3-5-16-36-27(19-10-7-6-8-11-19)25(28(37)40-4-2)26(35-30(36)39)20-12-9-13-21(17-20)33-29(38)34-22-14-15-23(31)24(32)18-22/h6-15,17-18,26H,3-5,16H2,1-2H3,(H,35,39)(H2,33,34,38)/t26-/m1/s1. The number of esters is 1. The molecular formula is C30H30F2N4O4. The van der Waals surface area contributed by atoms with Gasteiger partial charge < -0.3 is 20.7 Å². The minimum Gasteiger partial charge on any atom is -0.463 e. The van der Waals surface area contributed by atoms with Crippen molar-refractivity contribution in [3.05, 3.63) is 101 Å². The third-order valence-corrected chi connectivity index (χ3v) is 6.26. The number of unbranched alkanes of at least 4 members (excludes halogenated alkanes) is 1. The molecule has 0 spiro atoms. The van der Waals surface area contributed by atoms with E-state index in [1.54, 1.807) is 36.1 Å². The smallest absolute Gasteiger partial charge is 0.338 e. The predicted octanol–water partition coefficient (Wildman–Crippen LogP) is 6.45. The maximum Gasteiger partial charge on any atom is 0.338 e. The van der Waals surface area contributed by atoms with Crippen molar-refractivity contribution >= 4 is 35.1 Å². The van der Waals surface area contributed by atoms with Crippen molar-refractivity contribution < 1.29 is 27.9 Å². The van der Waals surface area contributed by atoms with Gasteiger partial charge in [0.15, 0.2) is 11.6 Å². The van der Waals surface area contributed by atoms with E-state index in [2.05, 4.69) is 16.0 Å². The van der Waals surface area contributed by atoms with Crippen molar-refractivity contribution in [2.75, 3.05) is 23.8 Å². The number of carbonyl (C=O) groups is 3. The van der Waals surface area contributed by atoms with E-state index < -0.39 is 29.7 Å². The number of rotatable bonds is 9. The molecule has 0 bridgehead atoms. The number of halogens is 2. The molecule has 3 aromatic rings. The van der Waals surface area contributed by atoms with E-state index in [4.69, 9.17) is 4.74 Å². The van der Waals surface area contributed by atoms with Gasteiger partial charge in [-0.2, -0.15) is 0 Å². The highest BCUT2D eigenvalue weighted by atomic mass is 19.2. The maximum atomic E-state index is 13.5. The van der Waals surface area contributed by atoms with Crippen LogP contribution in [0.4, 0.5) is 29.7 Å². The minimum atomic E-state index is -1.09. The summed E-state index contributed by atoms with van der Waals surface area (Å²) in [5, 5.41) is 8.02. The molecule has 4 rings (SSSR count). The molecule has 1 aliphatic heterocycles. The second kappa shape index (κ2) is 12.9. The first-order chi connectivity index (χ1) is 19.3. The van der Waals surface area contributed by atoms with E-state index in [0.29, 0.717) is 29.1 Å². The maximum absolute atomic E-state index is 13.5. The number of anilines is 2. The van der Waals surface area contributed by atoms with Crippen molar-refractivity contribution in [2.24, 2.45) is 0 Å². The molecule has 0 aliphatic carbocycles. The van der Waals surface area contributed by atoms with Crippen molar-refractivity contribution in [2.45, 2.75) is 32.7 Å². The first-order valence-electron chi connectivity index (χ1n) is 13.0.